The highest BCUT2D eigenvalue weighted by Crippen LogP contribution is 2.54. The van der Waals surface area contributed by atoms with Gasteiger partial charge in [-0.05, 0) is 72.9 Å². The summed E-state index contributed by atoms with van der Waals surface area (Å²) in [4.78, 5) is 0. The number of ether oxygens (including phenoxy) is 2. The van der Waals surface area contributed by atoms with Crippen molar-refractivity contribution in [2.45, 2.75) is 59.3 Å². The molecule has 4 rings (SSSR count). The molecule has 0 heterocycles. The monoisotopic (exact) mass is 400 g/mol. The lowest BCUT2D eigenvalue weighted by Crippen LogP contribution is -2.20. The zero-order chi connectivity index (χ0) is 20.5. The Balaban J connectivity index is 1.50. The van der Waals surface area contributed by atoms with Crippen molar-refractivity contribution in [1.29, 1.82) is 0 Å². The molecule has 2 aromatic rings. The molecule has 0 spiro atoms. The molecule has 2 aromatic carbocycles. The van der Waals surface area contributed by atoms with E-state index >= 15 is 0 Å². The fourth-order valence-corrected chi connectivity index (χ4v) is 4.96. The minimum Gasteiger partial charge on any atom is -0.494 e. The molecule has 2 aliphatic carbocycles. The second kappa shape index (κ2) is 8.33. The first-order valence-corrected chi connectivity index (χ1v) is 11.0. The van der Waals surface area contributed by atoms with Crippen LogP contribution in [0.3, 0.4) is 0 Å². The number of rotatable bonds is 7. The first-order valence-electron chi connectivity index (χ1n) is 11.0. The Morgan fingerprint density at radius 3 is 2.28 bits per heavy atom. The predicted octanol–water partition coefficient (Wildman–Crippen LogP) is 7.30. The van der Waals surface area contributed by atoms with Crippen LogP contribution < -0.4 is 9.47 Å². The van der Waals surface area contributed by atoms with E-state index in [9.17, 15) is 8.78 Å². The van der Waals surface area contributed by atoms with Gasteiger partial charge < -0.3 is 9.47 Å². The second-order valence-corrected chi connectivity index (χ2v) is 8.46. The molecule has 0 atom stereocenters. The molecule has 29 heavy (non-hydrogen) atoms. The van der Waals surface area contributed by atoms with E-state index in [4.69, 9.17) is 9.47 Å². The van der Waals surface area contributed by atoms with E-state index in [0.717, 1.165) is 46.8 Å². The van der Waals surface area contributed by atoms with Gasteiger partial charge >= 0.3 is 0 Å². The van der Waals surface area contributed by atoms with Gasteiger partial charge in [0.15, 0.2) is 11.6 Å². The average molecular weight is 401 g/mol. The Kier molecular flexibility index (Phi) is 5.80. The van der Waals surface area contributed by atoms with Crippen molar-refractivity contribution in [1.82, 2.24) is 0 Å². The van der Waals surface area contributed by atoms with Crippen LogP contribution >= 0.6 is 0 Å². The summed E-state index contributed by atoms with van der Waals surface area (Å²) in [7, 11) is 0. The van der Waals surface area contributed by atoms with Crippen LogP contribution in [0.4, 0.5) is 8.78 Å². The van der Waals surface area contributed by atoms with Gasteiger partial charge in [-0.15, -0.1) is 0 Å². The van der Waals surface area contributed by atoms with Gasteiger partial charge in [-0.1, -0.05) is 38.7 Å². The maximum Gasteiger partial charge on any atom is 0.201 e. The van der Waals surface area contributed by atoms with Crippen LogP contribution in [0, 0.1) is 30.4 Å². The largest absolute Gasteiger partial charge is 0.494 e. The molecule has 0 bridgehead atoms. The van der Waals surface area contributed by atoms with Gasteiger partial charge in [-0.25, -0.2) is 4.39 Å². The number of halogens is 2. The van der Waals surface area contributed by atoms with Crippen molar-refractivity contribution in [3.63, 3.8) is 0 Å². The number of fused-ring (bicyclic) bond motifs is 4. The van der Waals surface area contributed by atoms with Gasteiger partial charge in [0.1, 0.15) is 5.75 Å². The van der Waals surface area contributed by atoms with Crippen molar-refractivity contribution in [3.05, 3.63) is 35.4 Å². The highest BCUT2D eigenvalue weighted by Gasteiger charge is 2.33. The molecule has 4 heteroatoms. The molecule has 2 aliphatic rings. The van der Waals surface area contributed by atoms with Gasteiger partial charge in [0.2, 0.25) is 5.82 Å². The maximum atomic E-state index is 14.9. The lowest BCUT2D eigenvalue weighted by atomic mass is 9.77. The summed E-state index contributed by atoms with van der Waals surface area (Å²) in [6.45, 7) is 7.03. The summed E-state index contributed by atoms with van der Waals surface area (Å²) in [6.07, 6.45) is 7.19. The van der Waals surface area contributed by atoms with Gasteiger partial charge in [-0.2, -0.15) is 4.39 Å². The zero-order valence-electron chi connectivity index (χ0n) is 17.6. The molecular weight excluding hydrogens is 370 g/mol. The van der Waals surface area contributed by atoms with Crippen LogP contribution in [-0.4, -0.2) is 13.2 Å². The molecule has 0 unspecified atom stereocenters. The highest BCUT2D eigenvalue weighted by atomic mass is 19.2. The molecule has 0 aromatic heterocycles. The van der Waals surface area contributed by atoms with Gasteiger partial charge in [0.05, 0.1) is 13.2 Å². The average Bonchev–Trinajstić information content (AvgIpc) is 2.71. The molecule has 156 valence electrons. The summed E-state index contributed by atoms with van der Waals surface area (Å²) in [5.41, 5.74) is 3.62. The standard InChI is InChI=1S/C25H30F2O2/c1-4-6-16-7-9-17(10-8-16)14-29-21-13-19-18-11-12-20(28-5-2)15(3)22(18)23(19)25(27)24(21)26/h11-13,16-17H,4-10,14H2,1-3H3. The highest BCUT2D eigenvalue weighted by molar-refractivity contribution is 6.05. The van der Waals surface area contributed by atoms with E-state index in [2.05, 4.69) is 6.92 Å². The topological polar surface area (TPSA) is 18.5 Å². The second-order valence-electron chi connectivity index (χ2n) is 8.46. The third-order valence-corrected chi connectivity index (χ3v) is 6.57. The molecule has 1 fully saturated rings. The van der Waals surface area contributed by atoms with Crippen LogP contribution in [0.15, 0.2) is 18.2 Å². The van der Waals surface area contributed by atoms with Crippen molar-refractivity contribution < 1.29 is 18.3 Å². The molecule has 0 radical (unpaired) electrons. The maximum absolute atomic E-state index is 14.9. The van der Waals surface area contributed by atoms with Crippen LogP contribution in [0.5, 0.6) is 11.5 Å². The van der Waals surface area contributed by atoms with Gasteiger partial charge in [-0.3, -0.25) is 0 Å². The first kappa shape index (κ1) is 20.2. The van der Waals surface area contributed by atoms with E-state index in [0.29, 0.717) is 24.7 Å². The summed E-state index contributed by atoms with van der Waals surface area (Å²) < 4.78 is 41.0. The number of hydrogen-bond donors (Lipinski definition) is 0. The number of hydrogen-bond acceptors (Lipinski definition) is 2. The smallest absolute Gasteiger partial charge is 0.201 e. The van der Waals surface area contributed by atoms with Gasteiger partial charge in [0, 0.05) is 5.56 Å². The number of benzene rings is 2. The molecule has 2 nitrogen and oxygen atoms in total. The molecule has 0 aliphatic heterocycles. The van der Waals surface area contributed by atoms with Crippen LogP contribution in [0.25, 0.3) is 22.3 Å². The van der Waals surface area contributed by atoms with Gasteiger partial charge in [0.25, 0.3) is 0 Å². The molecule has 0 amide bonds. The van der Waals surface area contributed by atoms with E-state index < -0.39 is 11.6 Å². The zero-order valence-corrected chi connectivity index (χ0v) is 17.6. The SMILES string of the molecule is CCCC1CCC(COc2cc3c(c(F)c2F)-c2c-3ccc(OCC)c2C)CC1. The Morgan fingerprint density at radius 1 is 0.862 bits per heavy atom. The van der Waals surface area contributed by atoms with E-state index in [1.54, 1.807) is 6.07 Å². The van der Waals surface area contributed by atoms with Crippen LogP contribution in [0.2, 0.25) is 0 Å². The Hall–Kier alpha value is -2.10. The van der Waals surface area contributed by atoms with E-state index in [1.807, 2.05) is 26.0 Å². The third-order valence-electron chi connectivity index (χ3n) is 6.57. The van der Waals surface area contributed by atoms with Crippen molar-refractivity contribution in [3.8, 4) is 33.8 Å². The van der Waals surface area contributed by atoms with Crippen molar-refractivity contribution in [2.24, 2.45) is 11.8 Å². The van der Waals surface area contributed by atoms with E-state index in [1.165, 1.54) is 25.7 Å². The van der Waals surface area contributed by atoms with Crippen LogP contribution in [0.1, 0.15) is 57.9 Å². The fraction of sp³-hybridized carbons (Fsp3) is 0.520. The predicted molar refractivity (Wildman–Crippen MR) is 113 cm³/mol. The molecule has 0 saturated heterocycles. The fourth-order valence-electron chi connectivity index (χ4n) is 4.96. The third kappa shape index (κ3) is 3.62. The summed E-state index contributed by atoms with van der Waals surface area (Å²) in [5, 5.41) is 0. The Labute approximate surface area is 172 Å². The normalized spacial score (nSPS) is 19.9. The molecule has 1 saturated carbocycles. The first-order chi connectivity index (χ1) is 14.0. The summed E-state index contributed by atoms with van der Waals surface area (Å²) in [6, 6.07) is 5.49. The summed E-state index contributed by atoms with van der Waals surface area (Å²) >= 11 is 0. The Bertz CT molecular complexity index is 898. The lowest BCUT2D eigenvalue weighted by Gasteiger charge is -2.30. The quantitative estimate of drug-likeness (QED) is 0.414. The van der Waals surface area contributed by atoms with E-state index in [-0.39, 0.29) is 5.75 Å². The molecular formula is C25H30F2O2. The van der Waals surface area contributed by atoms with Crippen molar-refractivity contribution >= 4 is 0 Å². The molecule has 0 N–H and O–H groups in total. The minimum atomic E-state index is -0.879. The Morgan fingerprint density at radius 2 is 1.59 bits per heavy atom. The minimum absolute atomic E-state index is 0.0362. The van der Waals surface area contributed by atoms with Crippen molar-refractivity contribution in [2.75, 3.05) is 13.2 Å². The lowest BCUT2D eigenvalue weighted by molar-refractivity contribution is 0.173. The summed E-state index contributed by atoms with van der Waals surface area (Å²) in [5.74, 6) is 0.316. The van der Waals surface area contributed by atoms with Crippen LogP contribution in [-0.2, 0) is 0 Å².